The molecule has 0 spiro atoms. The fraction of sp³-hybridized carbons (Fsp3) is 0.0714. The van der Waals surface area contributed by atoms with Crippen LogP contribution >= 0.6 is 34.4 Å². The first-order chi connectivity index (χ1) is 13.0. The van der Waals surface area contributed by atoms with E-state index in [1.54, 1.807) is 11.6 Å². The van der Waals surface area contributed by atoms with Crippen molar-refractivity contribution in [3.05, 3.63) is 51.5 Å². The molecule has 2 amide bonds. The van der Waals surface area contributed by atoms with Gasteiger partial charge < -0.3 is 5.32 Å². The van der Waals surface area contributed by atoms with Crippen LogP contribution in [-0.2, 0) is 4.79 Å². The molecule has 0 bridgehead atoms. The molecule has 27 heavy (non-hydrogen) atoms. The third-order valence-electron chi connectivity index (χ3n) is 2.95. The first kappa shape index (κ1) is 18.9. The van der Waals surface area contributed by atoms with Crippen molar-refractivity contribution >= 4 is 62.2 Å². The summed E-state index contributed by atoms with van der Waals surface area (Å²) in [6.07, 6.45) is 1.59. The Bertz CT molecular complexity index is 975. The lowest BCUT2D eigenvalue weighted by molar-refractivity contribution is -0.384. The van der Waals surface area contributed by atoms with Crippen LogP contribution in [0, 0.1) is 10.1 Å². The molecule has 0 aliphatic heterocycles. The standard InChI is InChI=1S/C14H10N6O4S3/c21-10(16-12-15-4-5-25-12)7-26-14-19-18-13(27-14)17-11(22)8-2-1-3-9(6-8)20(23)24/h1-6H,7H2,(H,15,16,21)(H,17,18,22). The van der Waals surface area contributed by atoms with Crippen LogP contribution in [0.3, 0.4) is 0 Å². The van der Waals surface area contributed by atoms with Gasteiger partial charge in [0.05, 0.1) is 10.7 Å². The topological polar surface area (TPSA) is 140 Å². The highest BCUT2D eigenvalue weighted by Gasteiger charge is 2.14. The lowest BCUT2D eigenvalue weighted by atomic mass is 10.2. The van der Waals surface area contributed by atoms with Gasteiger partial charge in [0.25, 0.3) is 11.6 Å². The molecule has 3 rings (SSSR count). The minimum absolute atomic E-state index is 0.118. The Morgan fingerprint density at radius 3 is 2.81 bits per heavy atom. The van der Waals surface area contributed by atoms with E-state index >= 15 is 0 Å². The van der Waals surface area contributed by atoms with Crippen molar-refractivity contribution in [2.24, 2.45) is 0 Å². The molecule has 1 aromatic carbocycles. The Morgan fingerprint density at radius 2 is 2.07 bits per heavy atom. The number of anilines is 2. The molecule has 0 radical (unpaired) electrons. The molecule has 0 unspecified atom stereocenters. The number of aromatic nitrogens is 3. The third-order valence-corrected chi connectivity index (χ3v) is 5.61. The van der Waals surface area contributed by atoms with Gasteiger partial charge in [-0.3, -0.25) is 25.0 Å². The molecule has 2 N–H and O–H groups in total. The molecule has 13 heteroatoms. The molecule has 10 nitrogen and oxygen atoms in total. The summed E-state index contributed by atoms with van der Waals surface area (Å²) in [5, 5.41) is 26.2. The van der Waals surface area contributed by atoms with E-state index in [9.17, 15) is 19.7 Å². The van der Waals surface area contributed by atoms with Crippen LogP contribution in [0.15, 0.2) is 40.2 Å². The van der Waals surface area contributed by atoms with Crippen LogP contribution in [0.4, 0.5) is 16.0 Å². The number of nitrogens with zero attached hydrogens (tertiary/aromatic N) is 4. The van der Waals surface area contributed by atoms with E-state index in [2.05, 4.69) is 25.8 Å². The molecule has 0 saturated heterocycles. The highest BCUT2D eigenvalue weighted by molar-refractivity contribution is 8.01. The van der Waals surface area contributed by atoms with Gasteiger partial charge in [0, 0.05) is 29.3 Å². The van der Waals surface area contributed by atoms with E-state index in [0.29, 0.717) is 9.47 Å². The summed E-state index contributed by atoms with van der Waals surface area (Å²) in [5.41, 5.74) is -0.0428. The minimum atomic E-state index is -0.576. The summed E-state index contributed by atoms with van der Waals surface area (Å²) < 4.78 is 0.499. The van der Waals surface area contributed by atoms with Crippen molar-refractivity contribution in [2.45, 2.75) is 4.34 Å². The van der Waals surface area contributed by atoms with Crippen LogP contribution in [0.25, 0.3) is 0 Å². The van der Waals surface area contributed by atoms with Gasteiger partial charge in [-0.15, -0.1) is 21.5 Å². The summed E-state index contributed by atoms with van der Waals surface area (Å²) in [5.74, 6) is -0.646. The number of hydrogen-bond donors (Lipinski definition) is 2. The third kappa shape index (κ3) is 5.29. The number of rotatable bonds is 7. The van der Waals surface area contributed by atoms with Crippen LogP contribution in [0.2, 0.25) is 0 Å². The molecule has 138 valence electrons. The Balaban J connectivity index is 1.54. The predicted octanol–water partition coefficient (Wildman–Crippen LogP) is 2.89. The summed E-state index contributed by atoms with van der Waals surface area (Å²) in [6.45, 7) is 0. The normalized spacial score (nSPS) is 10.4. The van der Waals surface area contributed by atoms with Crippen LogP contribution in [0.1, 0.15) is 10.4 Å². The summed E-state index contributed by atoms with van der Waals surface area (Å²) >= 11 is 3.58. The number of carbonyl (C=O) groups excluding carboxylic acids is 2. The highest BCUT2D eigenvalue weighted by atomic mass is 32.2. The van der Waals surface area contributed by atoms with E-state index in [0.717, 1.165) is 11.3 Å². The predicted molar refractivity (Wildman–Crippen MR) is 102 cm³/mol. The molecule has 0 saturated carbocycles. The van der Waals surface area contributed by atoms with Crippen molar-refractivity contribution in [1.82, 2.24) is 15.2 Å². The maximum absolute atomic E-state index is 12.2. The smallest absolute Gasteiger partial charge is 0.270 e. The second-order valence-corrected chi connectivity index (χ2v) is 7.90. The number of nitrogens with one attached hydrogen (secondary N) is 2. The van der Waals surface area contributed by atoms with Crippen molar-refractivity contribution in [1.29, 1.82) is 0 Å². The van der Waals surface area contributed by atoms with E-state index in [-0.39, 0.29) is 28.0 Å². The molecule has 0 aliphatic carbocycles. The largest absolute Gasteiger partial charge is 0.301 e. The van der Waals surface area contributed by atoms with Crippen molar-refractivity contribution in [3.63, 3.8) is 0 Å². The Labute approximate surface area is 164 Å². The van der Waals surface area contributed by atoms with Crippen molar-refractivity contribution < 1.29 is 14.5 Å². The summed E-state index contributed by atoms with van der Waals surface area (Å²) in [7, 11) is 0. The molecule has 0 atom stereocenters. The van der Waals surface area contributed by atoms with Crippen molar-refractivity contribution in [3.8, 4) is 0 Å². The van der Waals surface area contributed by atoms with Gasteiger partial charge in [0.15, 0.2) is 9.47 Å². The minimum Gasteiger partial charge on any atom is -0.301 e. The van der Waals surface area contributed by atoms with E-state index in [1.807, 2.05) is 0 Å². The average Bonchev–Trinajstić information content (AvgIpc) is 3.32. The molecular formula is C14H10N6O4S3. The number of amides is 2. The number of nitro benzene ring substituents is 1. The summed E-state index contributed by atoms with van der Waals surface area (Å²) in [6, 6.07) is 5.36. The SMILES string of the molecule is O=C(CSc1nnc(NC(=O)c2cccc([N+](=O)[O-])c2)s1)Nc1nccs1. The molecule has 2 aromatic heterocycles. The van der Waals surface area contributed by atoms with E-state index < -0.39 is 10.8 Å². The van der Waals surface area contributed by atoms with Gasteiger partial charge in [0.2, 0.25) is 11.0 Å². The molecule has 3 aromatic rings. The second kappa shape index (κ2) is 8.66. The Hall–Kier alpha value is -2.90. The second-order valence-electron chi connectivity index (χ2n) is 4.81. The lowest BCUT2D eigenvalue weighted by Gasteiger charge is -2.00. The van der Waals surface area contributed by atoms with E-state index in [1.165, 1.54) is 47.4 Å². The van der Waals surface area contributed by atoms with E-state index in [4.69, 9.17) is 0 Å². The number of benzene rings is 1. The van der Waals surface area contributed by atoms with Gasteiger partial charge in [-0.25, -0.2) is 4.98 Å². The number of nitro groups is 1. The molecule has 0 aliphatic rings. The quantitative estimate of drug-likeness (QED) is 0.256. The number of non-ortho nitro benzene ring substituents is 1. The van der Waals surface area contributed by atoms with Crippen molar-refractivity contribution in [2.75, 3.05) is 16.4 Å². The molecular weight excluding hydrogens is 412 g/mol. The first-order valence-electron chi connectivity index (χ1n) is 7.23. The number of carbonyl (C=O) groups is 2. The number of thioether (sulfide) groups is 1. The van der Waals surface area contributed by atoms with Gasteiger partial charge in [-0.2, -0.15) is 0 Å². The zero-order valence-corrected chi connectivity index (χ0v) is 15.8. The summed E-state index contributed by atoms with van der Waals surface area (Å²) in [4.78, 5) is 38.1. The fourth-order valence-corrected chi connectivity index (χ4v) is 3.91. The number of hydrogen-bond acceptors (Lipinski definition) is 10. The zero-order valence-electron chi connectivity index (χ0n) is 13.3. The maximum Gasteiger partial charge on any atom is 0.270 e. The Kier molecular flexibility index (Phi) is 6.05. The lowest BCUT2D eigenvalue weighted by Crippen LogP contribution is -2.13. The van der Waals surface area contributed by atoms with Gasteiger partial charge in [-0.1, -0.05) is 29.2 Å². The molecule has 0 fully saturated rings. The number of thiazole rings is 1. The monoisotopic (exact) mass is 422 g/mol. The van der Waals surface area contributed by atoms with Gasteiger partial charge >= 0.3 is 0 Å². The maximum atomic E-state index is 12.2. The first-order valence-corrected chi connectivity index (χ1v) is 9.91. The van der Waals surface area contributed by atoms with Gasteiger partial charge in [-0.05, 0) is 6.07 Å². The zero-order chi connectivity index (χ0) is 19.2. The molecule has 2 heterocycles. The van der Waals surface area contributed by atoms with Crippen LogP contribution in [-0.4, -0.2) is 37.7 Å². The van der Waals surface area contributed by atoms with Crippen LogP contribution < -0.4 is 10.6 Å². The average molecular weight is 422 g/mol. The fourth-order valence-electron chi connectivity index (χ4n) is 1.82. The highest BCUT2D eigenvalue weighted by Crippen LogP contribution is 2.26. The van der Waals surface area contributed by atoms with Gasteiger partial charge in [0.1, 0.15) is 0 Å². The Morgan fingerprint density at radius 1 is 1.22 bits per heavy atom. The van der Waals surface area contributed by atoms with Crippen LogP contribution in [0.5, 0.6) is 0 Å².